The molecule has 1 N–H and O–H groups in total. The van der Waals surface area contributed by atoms with Crippen molar-refractivity contribution in [1.82, 2.24) is 5.32 Å². The summed E-state index contributed by atoms with van der Waals surface area (Å²) >= 11 is 0. The number of ether oxygens (including phenoxy) is 2. The van der Waals surface area contributed by atoms with Gasteiger partial charge in [0.1, 0.15) is 6.61 Å². The molecule has 0 amide bonds. The Kier molecular flexibility index (Phi) is 7.41. The van der Waals surface area contributed by atoms with Gasteiger partial charge in [-0.3, -0.25) is 0 Å². The zero-order chi connectivity index (χ0) is 15.9. The first-order valence-corrected chi connectivity index (χ1v) is 8.43. The van der Waals surface area contributed by atoms with Crippen LogP contribution >= 0.6 is 12.4 Å². The van der Waals surface area contributed by atoms with E-state index >= 15 is 0 Å². The van der Waals surface area contributed by atoms with Crippen LogP contribution in [0.4, 0.5) is 0 Å². The van der Waals surface area contributed by atoms with E-state index in [1.165, 1.54) is 25.7 Å². The van der Waals surface area contributed by atoms with E-state index in [9.17, 15) is 0 Å². The Bertz CT molecular complexity index is 612. The molecular formula is C20H26ClNO2. The normalized spacial score (nSPS) is 14.2. The number of hydrogen-bond donors (Lipinski definition) is 1. The van der Waals surface area contributed by atoms with Gasteiger partial charge in [0.25, 0.3) is 0 Å². The molecule has 3 rings (SSSR count). The second-order valence-corrected chi connectivity index (χ2v) is 6.09. The fraction of sp³-hybridized carbons (Fsp3) is 0.400. The average Bonchev–Trinajstić information content (AvgIpc) is 3.12. The number of hydrogen-bond acceptors (Lipinski definition) is 3. The van der Waals surface area contributed by atoms with Gasteiger partial charge in [-0.1, -0.05) is 55.3 Å². The van der Waals surface area contributed by atoms with E-state index in [0.717, 1.165) is 29.2 Å². The first-order chi connectivity index (χ1) is 11.4. The molecule has 24 heavy (non-hydrogen) atoms. The van der Waals surface area contributed by atoms with Gasteiger partial charge in [-0.15, -0.1) is 12.4 Å². The summed E-state index contributed by atoms with van der Waals surface area (Å²) in [5, 5.41) is 3.65. The Morgan fingerprint density at radius 2 is 1.75 bits per heavy atom. The van der Waals surface area contributed by atoms with Gasteiger partial charge in [0, 0.05) is 18.2 Å². The highest BCUT2D eigenvalue weighted by Gasteiger charge is 2.16. The summed E-state index contributed by atoms with van der Waals surface area (Å²) in [6.45, 7) is 1.38. The summed E-state index contributed by atoms with van der Waals surface area (Å²) in [5.41, 5.74) is 2.32. The number of benzene rings is 2. The van der Waals surface area contributed by atoms with E-state index in [2.05, 4.69) is 23.5 Å². The Hall–Kier alpha value is -1.71. The van der Waals surface area contributed by atoms with Crippen molar-refractivity contribution in [1.29, 1.82) is 0 Å². The van der Waals surface area contributed by atoms with Crippen LogP contribution in [0.25, 0.3) is 0 Å². The topological polar surface area (TPSA) is 30.5 Å². The van der Waals surface area contributed by atoms with Crippen molar-refractivity contribution in [3.8, 4) is 11.5 Å². The molecule has 1 aliphatic rings. The minimum atomic E-state index is 0. The number of nitrogens with one attached hydrogen (secondary N) is 1. The highest BCUT2D eigenvalue weighted by Crippen LogP contribution is 2.32. The van der Waals surface area contributed by atoms with Crippen molar-refractivity contribution in [2.45, 2.75) is 44.9 Å². The van der Waals surface area contributed by atoms with E-state index in [0.29, 0.717) is 12.6 Å². The third-order valence-electron chi connectivity index (χ3n) is 4.44. The lowest BCUT2D eigenvalue weighted by Gasteiger charge is -2.17. The van der Waals surface area contributed by atoms with Crippen molar-refractivity contribution in [3.63, 3.8) is 0 Å². The molecule has 0 spiro atoms. The minimum absolute atomic E-state index is 0. The molecule has 2 aromatic rings. The molecule has 0 aromatic heterocycles. The zero-order valence-corrected chi connectivity index (χ0v) is 15.0. The predicted octanol–water partition coefficient (Wildman–Crippen LogP) is 4.73. The van der Waals surface area contributed by atoms with Gasteiger partial charge in [0.05, 0.1) is 7.11 Å². The van der Waals surface area contributed by atoms with Crippen LogP contribution in [-0.4, -0.2) is 13.2 Å². The van der Waals surface area contributed by atoms with Crippen LogP contribution in [0.3, 0.4) is 0 Å². The summed E-state index contributed by atoms with van der Waals surface area (Å²) in [7, 11) is 1.69. The number of para-hydroxylation sites is 1. The zero-order valence-electron chi connectivity index (χ0n) is 14.2. The molecule has 1 fully saturated rings. The van der Waals surface area contributed by atoms with Gasteiger partial charge in [-0.25, -0.2) is 0 Å². The molecule has 0 saturated heterocycles. The van der Waals surface area contributed by atoms with Crippen LogP contribution in [0.1, 0.15) is 36.8 Å². The van der Waals surface area contributed by atoms with Gasteiger partial charge < -0.3 is 14.8 Å². The van der Waals surface area contributed by atoms with E-state index in [1.54, 1.807) is 7.11 Å². The molecule has 3 nitrogen and oxygen atoms in total. The molecule has 130 valence electrons. The van der Waals surface area contributed by atoms with Gasteiger partial charge in [-0.2, -0.15) is 0 Å². The Morgan fingerprint density at radius 1 is 1.00 bits per heavy atom. The van der Waals surface area contributed by atoms with Gasteiger partial charge >= 0.3 is 0 Å². The summed E-state index contributed by atoms with van der Waals surface area (Å²) in [4.78, 5) is 0. The second kappa shape index (κ2) is 9.55. The van der Waals surface area contributed by atoms with Crippen LogP contribution < -0.4 is 14.8 Å². The lowest BCUT2D eigenvalue weighted by atomic mass is 10.1. The van der Waals surface area contributed by atoms with Crippen LogP contribution in [0.2, 0.25) is 0 Å². The predicted molar refractivity (Wildman–Crippen MR) is 100 cm³/mol. The van der Waals surface area contributed by atoms with Crippen molar-refractivity contribution < 1.29 is 9.47 Å². The minimum Gasteiger partial charge on any atom is -0.493 e. The maximum atomic E-state index is 6.10. The van der Waals surface area contributed by atoms with E-state index in [4.69, 9.17) is 9.47 Å². The molecule has 0 heterocycles. The Labute approximate surface area is 150 Å². The van der Waals surface area contributed by atoms with E-state index < -0.39 is 0 Å². The lowest BCUT2D eigenvalue weighted by Crippen LogP contribution is -2.25. The Balaban J connectivity index is 0.00000208. The monoisotopic (exact) mass is 347 g/mol. The quantitative estimate of drug-likeness (QED) is 0.785. The largest absolute Gasteiger partial charge is 0.493 e. The molecule has 0 bridgehead atoms. The maximum Gasteiger partial charge on any atom is 0.166 e. The first-order valence-electron chi connectivity index (χ1n) is 8.43. The molecule has 2 aromatic carbocycles. The standard InChI is InChI=1S/C20H25NO2.ClH/c1-22-19-13-7-10-17(14-21-18-11-5-6-12-18)20(19)23-15-16-8-3-2-4-9-16;/h2-4,7-10,13,18,21H,5-6,11-12,14-15H2,1H3;1H. The third-order valence-corrected chi connectivity index (χ3v) is 4.44. The van der Waals surface area contributed by atoms with Crippen molar-refractivity contribution >= 4 is 12.4 Å². The number of methoxy groups -OCH3 is 1. The summed E-state index contributed by atoms with van der Waals surface area (Å²) in [5.74, 6) is 1.65. The van der Waals surface area contributed by atoms with Crippen LogP contribution in [-0.2, 0) is 13.2 Å². The molecule has 0 atom stereocenters. The van der Waals surface area contributed by atoms with Gasteiger partial charge in [0.2, 0.25) is 0 Å². The Morgan fingerprint density at radius 3 is 2.46 bits per heavy atom. The van der Waals surface area contributed by atoms with Crippen molar-refractivity contribution in [2.75, 3.05) is 7.11 Å². The first kappa shape index (κ1) is 18.6. The van der Waals surface area contributed by atoms with Crippen LogP contribution in [0.5, 0.6) is 11.5 Å². The van der Waals surface area contributed by atoms with Gasteiger partial charge in [-0.05, 0) is 24.5 Å². The molecule has 0 aliphatic heterocycles. The molecule has 1 aliphatic carbocycles. The molecule has 4 heteroatoms. The lowest BCUT2D eigenvalue weighted by molar-refractivity contribution is 0.280. The summed E-state index contributed by atoms with van der Waals surface area (Å²) in [6, 6.07) is 17.0. The van der Waals surface area contributed by atoms with Crippen molar-refractivity contribution in [2.24, 2.45) is 0 Å². The molecule has 0 unspecified atom stereocenters. The van der Waals surface area contributed by atoms with Gasteiger partial charge in [0.15, 0.2) is 11.5 Å². The highest BCUT2D eigenvalue weighted by atomic mass is 35.5. The van der Waals surface area contributed by atoms with E-state index in [-0.39, 0.29) is 12.4 Å². The highest BCUT2D eigenvalue weighted by molar-refractivity contribution is 5.85. The average molecular weight is 348 g/mol. The molecule has 1 saturated carbocycles. The fourth-order valence-electron chi connectivity index (χ4n) is 3.14. The van der Waals surface area contributed by atoms with E-state index in [1.807, 2.05) is 30.3 Å². The molecular weight excluding hydrogens is 322 g/mol. The maximum absolute atomic E-state index is 6.10. The van der Waals surface area contributed by atoms with Crippen LogP contribution in [0, 0.1) is 0 Å². The molecule has 0 radical (unpaired) electrons. The van der Waals surface area contributed by atoms with Crippen molar-refractivity contribution in [3.05, 3.63) is 59.7 Å². The second-order valence-electron chi connectivity index (χ2n) is 6.09. The third kappa shape index (κ3) is 4.89. The summed E-state index contributed by atoms with van der Waals surface area (Å²) in [6.07, 6.45) is 5.24. The fourth-order valence-corrected chi connectivity index (χ4v) is 3.14. The number of halogens is 1. The summed E-state index contributed by atoms with van der Waals surface area (Å²) < 4.78 is 11.6. The SMILES string of the molecule is COc1cccc(CNC2CCCC2)c1OCc1ccccc1.Cl. The van der Waals surface area contributed by atoms with Crippen LogP contribution in [0.15, 0.2) is 48.5 Å². The number of rotatable bonds is 7. The smallest absolute Gasteiger partial charge is 0.166 e.